The van der Waals surface area contributed by atoms with Gasteiger partial charge in [0.2, 0.25) is 0 Å². The summed E-state index contributed by atoms with van der Waals surface area (Å²) >= 11 is 0. The summed E-state index contributed by atoms with van der Waals surface area (Å²) in [5.74, 6) is 0.774. The van der Waals surface area contributed by atoms with Crippen molar-refractivity contribution < 1.29 is 8.42 Å². The van der Waals surface area contributed by atoms with Crippen molar-refractivity contribution in [3.63, 3.8) is 0 Å². The zero-order valence-corrected chi connectivity index (χ0v) is 18.6. The van der Waals surface area contributed by atoms with Crippen LogP contribution in [0.1, 0.15) is 56.7 Å². The van der Waals surface area contributed by atoms with Crippen LogP contribution in [0.15, 0.2) is 36.8 Å². The van der Waals surface area contributed by atoms with E-state index in [2.05, 4.69) is 25.7 Å². The molecule has 1 fully saturated rings. The highest BCUT2D eigenvalue weighted by Crippen LogP contribution is 2.34. The number of benzene rings is 1. The summed E-state index contributed by atoms with van der Waals surface area (Å²) in [6, 6.07) is 8.32. The Labute approximate surface area is 180 Å². The van der Waals surface area contributed by atoms with E-state index in [1.165, 1.54) is 25.7 Å². The minimum Gasteiger partial charge on any atom is -0.361 e. The Balaban J connectivity index is 1.66. The molecule has 1 aromatic carbocycles. The molecule has 0 bridgehead atoms. The third-order valence-electron chi connectivity index (χ3n) is 6.45. The second kappa shape index (κ2) is 9.49. The summed E-state index contributed by atoms with van der Waals surface area (Å²) in [5, 5.41) is 0. The highest BCUT2D eigenvalue weighted by atomic mass is 32.2. The molecule has 1 atom stereocenters. The number of anilines is 1. The highest BCUT2D eigenvalue weighted by Gasteiger charge is 2.34. The van der Waals surface area contributed by atoms with Gasteiger partial charge in [-0.3, -0.25) is 0 Å². The number of imidazole rings is 1. The maximum absolute atomic E-state index is 13.0. The fourth-order valence-electron chi connectivity index (χ4n) is 4.91. The number of aromatic nitrogens is 2. The van der Waals surface area contributed by atoms with Gasteiger partial charge in [0.1, 0.15) is 0 Å². The van der Waals surface area contributed by atoms with Crippen LogP contribution in [-0.2, 0) is 23.3 Å². The van der Waals surface area contributed by atoms with Crippen LogP contribution in [0.3, 0.4) is 0 Å². The SMILES string of the molecule is CCNS(=O)(=O)N1Cc2ccccc2N(Cc2cnc[nH]2)C(CCC2CCCC2)C1. The lowest BCUT2D eigenvalue weighted by atomic mass is 9.97. The second-order valence-corrected chi connectivity index (χ2v) is 10.3. The predicted octanol–water partition coefficient (Wildman–Crippen LogP) is 3.43. The number of hydrogen-bond donors (Lipinski definition) is 2. The molecule has 1 aliphatic heterocycles. The van der Waals surface area contributed by atoms with E-state index in [4.69, 9.17) is 0 Å². The van der Waals surface area contributed by atoms with E-state index in [1.54, 1.807) is 10.6 Å². The molecule has 4 rings (SSSR count). The number of hydrogen-bond acceptors (Lipinski definition) is 4. The zero-order chi connectivity index (χ0) is 21.0. The van der Waals surface area contributed by atoms with Crippen LogP contribution in [0.5, 0.6) is 0 Å². The number of para-hydroxylation sites is 1. The van der Waals surface area contributed by atoms with Crippen molar-refractivity contribution in [2.75, 3.05) is 18.0 Å². The Bertz CT molecular complexity index is 909. The van der Waals surface area contributed by atoms with Gasteiger partial charge in [-0.2, -0.15) is 12.7 Å². The van der Waals surface area contributed by atoms with Gasteiger partial charge in [-0.15, -0.1) is 0 Å². The lowest BCUT2D eigenvalue weighted by Gasteiger charge is -2.34. The lowest BCUT2D eigenvalue weighted by Crippen LogP contribution is -2.47. The molecule has 2 N–H and O–H groups in total. The molecule has 0 saturated heterocycles. The Morgan fingerprint density at radius 1 is 1.20 bits per heavy atom. The molecule has 2 heterocycles. The number of nitrogens with one attached hydrogen (secondary N) is 2. The van der Waals surface area contributed by atoms with Crippen LogP contribution >= 0.6 is 0 Å². The normalized spacial score (nSPS) is 21.0. The number of H-pyrrole nitrogens is 1. The average molecular weight is 432 g/mol. The average Bonchev–Trinajstić information content (AvgIpc) is 3.40. The molecule has 1 aliphatic carbocycles. The highest BCUT2D eigenvalue weighted by molar-refractivity contribution is 7.87. The van der Waals surface area contributed by atoms with Crippen LogP contribution in [0, 0.1) is 5.92 Å². The van der Waals surface area contributed by atoms with Crippen LogP contribution in [0.25, 0.3) is 0 Å². The molecule has 1 unspecified atom stereocenters. The van der Waals surface area contributed by atoms with E-state index in [9.17, 15) is 8.42 Å². The summed E-state index contributed by atoms with van der Waals surface area (Å²) in [7, 11) is -3.52. The molecule has 164 valence electrons. The van der Waals surface area contributed by atoms with Crippen molar-refractivity contribution in [1.82, 2.24) is 19.0 Å². The molecule has 0 amide bonds. The standard InChI is InChI=1S/C22H33N5O2S/c1-2-25-30(28,29)26-14-19-9-5-6-10-22(19)27(15-20-13-23-17-24-20)21(16-26)12-11-18-7-3-4-8-18/h5-6,9-10,13,17-18,21,25H,2-4,7-8,11-12,14-16H2,1H3,(H,23,24). The Kier molecular flexibility index (Phi) is 6.75. The van der Waals surface area contributed by atoms with Crippen molar-refractivity contribution in [2.24, 2.45) is 5.92 Å². The Morgan fingerprint density at radius 2 is 2.00 bits per heavy atom. The van der Waals surface area contributed by atoms with Gasteiger partial charge in [-0.25, -0.2) is 9.71 Å². The van der Waals surface area contributed by atoms with Crippen LogP contribution < -0.4 is 9.62 Å². The van der Waals surface area contributed by atoms with Gasteiger partial charge in [0, 0.05) is 37.6 Å². The van der Waals surface area contributed by atoms with Crippen molar-refractivity contribution in [2.45, 2.75) is 64.6 Å². The topological polar surface area (TPSA) is 81.3 Å². The maximum atomic E-state index is 13.0. The molecule has 1 aromatic heterocycles. The molecule has 2 aromatic rings. The fraction of sp³-hybridized carbons (Fsp3) is 0.591. The predicted molar refractivity (Wildman–Crippen MR) is 119 cm³/mol. The summed E-state index contributed by atoms with van der Waals surface area (Å²) in [4.78, 5) is 9.79. The zero-order valence-electron chi connectivity index (χ0n) is 17.8. The monoisotopic (exact) mass is 431 g/mol. The fourth-order valence-corrected chi connectivity index (χ4v) is 6.13. The Hall–Kier alpha value is -1.90. The van der Waals surface area contributed by atoms with Gasteiger partial charge in [0.25, 0.3) is 10.2 Å². The van der Waals surface area contributed by atoms with E-state index in [0.717, 1.165) is 35.7 Å². The number of nitrogens with zero attached hydrogens (tertiary/aromatic N) is 3. The van der Waals surface area contributed by atoms with Gasteiger partial charge in [-0.1, -0.05) is 50.8 Å². The summed E-state index contributed by atoms with van der Waals surface area (Å²) in [6.07, 6.45) is 11.0. The van der Waals surface area contributed by atoms with Crippen LogP contribution in [0.2, 0.25) is 0 Å². The maximum Gasteiger partial charge on any atom is 0.279 e. The first kappa shape index (κ1) is 21.3. The summed E-state index contributed by atoms with van der Waals surface area (Å²) in [6.45, 7) is 3.80. The van der Waals surface area contributed by atoms with E-state index in [-0.39, 0.29) is 6.04 Å². The number of fused-ring (bicyclic) bond motifs is 1. The van der Waals surface area contributed by atoms with E-state index in [1.807, 2.05) is 31.3 Å². The minimum absolute atomic E-state index is 0.117. The molecule has 8 heteroatoms. The largest absolute Gasteiger partial charge is 0.361 e. The Morgan fingerprint density at radius 3 is 2.73 bits per heavy atom. The molecule has 0 radical (unpaired) electrons. The third kappa shape index (κ3) is 4.87. The first-order chi connectivity index (χ1) is 14.6. The number of rotatable bonds is 8. The molecule has 2 aliphatic rings. The second-order valence-electron chi connectivity index (χ2n) is 8.51. The summed E-state index contributed by atoms with van der Waals surface area (Å²) in [5.41, 5.74) is 3.21. The molecule has 7 nitrogen and oxygen atoms in total. The van der Waals surface area contributed by atoms with E-state index in [0.29, 0.717) is 26.2 Å². The van der Waals surface area contributed by atoms with Crippen molar-refractivity contribution in [3.8, 4) is 0 Å². The van der Waals surface area contributed by atoms with Gasteiger partial charge in [0.15, 0.2) is 0 Å². The first-order valence-corrected chi connectivity index (χ1v) is 12.6. The third-order valence-corrected chi connectivity index (χ3v) is 8.06. The van der Waals surface area contributed by atoms with Crippen molar-refractivity contribution in [1.29, 1.82) is 0 Å². The minimum atomic E-state index is -3.52. The quantitative estimate of drug-likeness (QED) is 0.671. The van der Waals surface area contributed by atoms with Gasteiger partial charge < -0.3 is 9.88 Å². The lowest BCUT2D eigenvalue weighted by molar-refractivity contribution is 0.347. The molecule has 30 heavy (non-hydrogen) atoms. The molecular weight excluding hydrogens is 398 g/mol. The first-order valence-electron chi connectivity index (χ1n) is 11.1. The number of aromatic amines is 1. The van der Waals surface area contributed by atoms with Crippen LogP contribution in [-0.4, -0.2) is 41.8 Å². The van der Waals surface area contributed by atoms with Crippen molar-refractivity contribution in [3.05, 3.63) is 48.0 Å². The molecule has 0 spiro atoms. The summed E-state index contributed by atoms with van der Waals surface area (Å²) < 4.78 is 30.2. The van der Waals surface area contributed by atoms with E-state index < -0.39 is 10.2 Å². The van der Waals surface area contributed by atoms with E-state index >= 15 is 0 Å². The molecular formula is C22H33N5O2S. The smallest absolute Gasteiger partial charge is 0.279 e. The van der Waals surface area contributed by atoms with Gasteiger partial charge in [-0.05, 0) is 30.4 Å². The van der Waals surface area contributed by atoms with Gasteiger partial charge >= 0.3 is 0 Å². The molecule has 1 saturated carbocycles. The van der Waals surface area contributed by atoms with Crippen LogP contribution in [0.4, 0.5) is 5.69 Å². The van der Waals surface area contributed by atoms with Crippen molar-refractivity contribution >= 4 is 15.9 Å². The van der Waals surface area contributed by atoms with Gasteiger partial charge in [0.05, 0.1) is 18.6 Å².